The zero-order chi connectivity index (χ0) is 35.5. The Bertz CT molecular complexity index is 1360. The summed E-state index contributed by atoms with van der Waals surface area (Å²) in [6.45, 7) is 16.5. The van der Waals surface area contributed by atoms with Gasteiger partial charge in [0.2, 0.25) is 5.91 Å². The highest BCUT2D eigenvalue weighted by molar-refractivity contribution is 14.1. The van der Waals surface area contributed by atoms with Gasteiger partial charge in [-0.3, -0.25) is 9.59 Å². The van der Waals surface area contributed by atoms with E-state index in [4.69, 9.17) is 19.0 Å². The van der Waals surface area contributed by atoms with Crippen LogP contribution in [0.15, 0.2) is 40.5 Å². The van der Waals surface area contributed by atoms with Crippen molar-refractivity contribution < 1.29 is 42.9 Å². The molecule has 1 amide bonds. The first-order valence-electron chi connectivity index (χ1n) is 16.0. The predicted molar refractivity (Wildman–Crippen MR) is 185 cm³/mol. The van der Waals surface area contributed by atoms with Gasteiger partial charge in [-0.1, -0.05) is 77.0 Å². The number of aliphatic hydroxyl groups is 1. The minimum absolute atomic E-state index is 0.0794. The molecule has 0 aliphatic carbocycles. The Morgan fingerprint density at radius 2 is 1.70 bits per heavy atom. The largest absolute Gasteiger partial charge is 0.446 e. The molecule has 262 valence electrons. The van der Waals surface area contributed by atoms with Gasteiger partial charge in [-0.25, -0.2) is 14.2 Å². The third-order valence-electron chi connectivity index (χ3n) is 9.29. The molecule has 1 N–H and O–H groups in total. The Balaban J connectivity index is 2.31. The van der Waals surface area contributed by atoms with Gasteiger partial charge in [-0.05, 0) is 66.7 Å². The predicted octanol–water partition coefficient (Wildman–Crippen LogP) is 6.05. The van der Waals surface area contributed by atoms with Crippen molar-refractivity contribution >= 4 is 51.7 Å². The molecule has 10 nitrogen and oxygen atoms in total. The summed E-state index contributed by atoms with van der Waals surface area (Å²) >= 11 is 1.70. The lowest BCUT2D eigenvalue weighted by Crippen LogP contribution is -2.58. The molecule has 2 fully saturated rings. The van der Waals surface area contributed by atoms with E-state index in [1.807, 2.05) is 65.0 Å². The van der Waals surface area contributed by atoms with Crippen LogP contribution in [0.1, 0.15) is 81.2 Å². The highest BCUT2D eigenvalue weighted by Crippen LogP contribution is 2.48. The number of ketones is 1. The third kappa shape index (κ3) is 9.04. The summed E-state index contributed by atoms with van der Waals surface area (Å²) < 4.78 is 33.6. The molecule has 0 aromatic heterocycles. The van der Waals surface area contributed by atoms with Crippen molar-refractivity contribution in [2.24, 2.45) is 39.2 Å². The number of amides is 1. The van der Waals surface area contributed by atoms with E-state index < -0.39 is 73.8 Å². The van der Waals surface area contributed by atoms with Crippen LogP contribution in [0.5, 0.6) is 0 Å². The molecule has 1 aromatic carbocycles. The van der Waals surface area contributed by atoms with E-state index in [0.29, 0.717) is 11.4 Å². The van der Waals surface area contributed by atoms with Crippen molar-refractivity contribution in [2.45, 2.75) is 109 Å². The van der Waals surface area contributed by atoms with Gasteiger partial charge in [0.25, 0.3) is 5.67 Å². The molecule has 0 spiro atoms. The van der Waals surface area contributed by atoms with Crippen molar-refractivity contribution in [1.82, 2.24) is 0 Å². The quantitative estimate of drug-likeness (QED) is 0.129. The van der Waals surface area contributed by atoms with E-state index in [-0.39, 0.29) is 26.2 Å². The van der Waals surface area contributed by atoms with Gasteiger partial charge in [0.05, 0.1) is 24.9 Å². The summed E-state index contributed by atoms with van der Waals surface area (Å²) in [6, 6.07) is 9.49. The molecule has 0 radical (unpaired) electrons. The number of nitrogens with zero attached hydrogens (tertiary/aromatic N) is 2. The molecule has 3 rings (SSSR count). The number of halogens is 2. The summed E-state index contributed by atoms with van der Waals surface area (Å²) in [5.41, 5.74) is -5.05. The second kappa shape index (κ2) is 15.1. The number of fused-ring (bicyclic) bond motifs is 5. The van der Waals surface area contributed by atoms with Crippen LogP contribution in [0.25, 0.3) is 0 Å². The first-order valence-corrected chi connectivity index (χ1v) is 17.2. The van der Waals surface area contributed by atoms with Gasteiger partial charge >= 0.3 is 5.97 Å². The normalized spacial score (nSPS) is 38.2. The fourth-order valence-electron chi connectivity index (χ4n) is 7.43. The van der Waals surface area contributed by atoms with Gasteiger partial charge in [-0.2, -0.15) is 0 Å². The maximum atomic E-state index is 16.3. The summed E-state index contributed by atoms with van der Waals surface area (Å²) in [7, 11) is 0. The first-order chi connectivity index (χ1) is 21.6. The van der Waals surface area contributed by atoms with E-state index in [9.17, 15) is 19.5 Å². The Kier molecular flexibility index (Phi) is 12.6. The lowest BCUT2D eigenvalue weighted by atomic mass is 9.61. The van der Waals surface area contributed by atoms with Crippen molar-refractivity contribution in [1.29, 1.82) is 0 Å². The second-order valence-corrected chi connectivity index (χ2v) is 15.8. The molecule has 0 unspecified atom stereocenters. The Morgan fingerprint density at radius 3 is 2.28 bits per heavy atom. The molecule has 2 aliphatic rings. The van der Waals surface area contributed by atoms with Crippen LogP contribution in [0.4, 0.5) is 4.39 Å². The zero-order valence-electron chi connectivity index (χ0n) is 29.1. The van der Waals surface area contributed by atoms with E-state index in [0.717, 1.165) is 12.5 Å². The SMILES string of the molecule is CC(=O)N=C1[C@H](C)C[C@@]2(C)OC/C(=N/OCc3ccccc3)CO[C@H]([C@H]1C)[C@](C)(O)[C@@H](I)OC(=O)[C@@](C)(F)C(=O)[C@H](C)[C@H]2C(C)(C)C. The number of cyclic esters (lactones) is 1. The Labute approximate surface area is 291 Å². The number of aliphatic imine (C=N–C) groups is 1. The number of hydrogen-bond donors (Lipinski definition) is 1. The van der Waals surface area contributed by atoms with Crippen molar-refractivity contribution in [3.05, 3.63) is 35.9 Å². The van der Waals surface area contributed by atoms with Crippen LogP contribution in [0.2, 0.25) is 0 Å². The maximum absolute atomic E-state index is 16.3. The van der Waals surface area contributed by atoms with Gasteiger partial charge in [0.15, 0.2) is 9.89 Å². The van der Waals surface area contributed by atoms with Gasteiger partial charge in [0, 0.05) is 30.4 Å². The molecular formula is C35H50FIN2O8. The molecular weight excluding hydrogens is 722 g/mol. The van der Waals surface area contributed by atoms with E-state index in [2.05, 4.69) is 10.1 Å². The lowest BCUT2D eigenvalue weighted by Gasteiger charge is -2.49. The molecule has 12 heteroatoms. The smallest absolute Gasteiger partial charge is 0.352 e. The van der Waals surface area contributed by atoms with Crippen molar-refractivity contribution in [3.63, 3.8) is 0 Å². The van der Waals surface area contributed by atoms with Gasteiger partial charge in [0.1, 0.15) is 17.9 Å². The minimum atomic E-state index is -3.01. The summed E-state index contributed by atoms with van der Waals surface area (Å²) in [6.07, 6.45) is -0.875. The lowest BCUT2D eigenvalue weighted by molar-refractivity contribution is -0.182. The number of esters is 1. The van der Waals surface area contributed by atoms with Crippen LogP contribution in [0.3, 0.4) is 0 Å². The highest BCUT2D eigenvalue weighted by Gasteiger charge is 2.56. The number of rotatable bonds is 3. The summed E-state index contributed by atoms with van der Waals surface area (Å²) in [4.78, 5) is 50.0. The maximum Gasteiger partial charge on any atom is 0.352 e. The number of ether oxygens (including phenoxy) is 3. The van der Waals surface area contributed by atoms with Gasteiger partial charge < -0.3 is 24.2 Å². The van der Waals surface area contributed by atoms with E-state index in [1.54, 1.807) is 36.4 Å². The molecule has 1 aromatic rings. The summed E-state index contributed by atoms with van der Waals surface area (Å²) in [5, 5.41) is 16.4. The fraction of sp³-hybridized carbons (Fsp3) is 0.686. The number of oxime groups is 1. The first kappa shape index (κ1) is 39.2. The Hall–Kier alpha value is -2.29. The standard InChI is InChI=1S/C35H50FIN2O8/c1-20-16-33(8)27(32(5,6)7)22(3)28(41)34(9,36)31(42)47-30(37)35(10,43)29(21(2)26(20)38-23(4)40)44-18-25(19-45-33)39-46-17-24-14-12-11-13-15-24/h11-15,20-22,27,29-30,43H,16-19H2,1-10H3/b38-26?,39-25+/t20-,21+,22-,27+,29-,30+,33-,34+,35+/m1/s1. The van der Waals surface area contributed by atoms with Crippen LogP contribution in [-0.4, -0.2) is 74.5 Å². The van der Waals surface area contributed by atoms with Crippen LogP contribution in [0, 0.1) is 29.1 Å². The number of carbonyl (C=O) groups is 3. The molecule has 2 saturated heterocycles. The summed E-state index contributed by atoms with van der Waals surface area (Å²) in [5.74, 6) is -5.60. The van der Waals surface area contributed by atoms with Crippen molar-refractivity contribution in [2.75, 3.05) is 13.2 Å². The molecule has 2 heterocycles. The monoisotopic (exact) mass is 772 g/mol. The average Bonchev–Trinajstić information content (AvgIpc) is 2.97. The second-order valence-electron chi connectivity index (χ2n) is 14.6. The molecule has 0 saturated carbocycles. The highest BCUT2D eigenvalue weighted by atomic mass is 127. The molecule has 2 aliphatic heterocycles. The van der Waals surface area contributed by atoms with Crippen LogP contribution < -0.4 is 0 Å². The Morgan fingerprint density at radius 1 is 1.09 bits per heavy atom. The van der Waals surface area contributed by atoms with Crippen LogP contribution in [-0.2, 0) is 40.0 Å². The molecule has 9 atom stereocenters. The van der Waals surface area contributed by atoms with Gasteiger partial charge in [-0.15, -0.1) is 0 Å². The van der Waals surface area contributed by atoms with Crippen LogP contribution >= 0.6 is 22.6 Å². The molecule has 2 bridgehead atoms. The zero-order valence-corrected chi connectivity index (χ0v) is 31.3. The number of carbonyl (C=O) groups excluding carboxylic acids is 3. The average molecular weight is 773 g/mol. The number of Topliss-reactive ketones (excluding diaryl/α,β-unsaturated/α-hetero) is 1. The number of benzene rings is 1. The van der Waals surface area contributed by atoms with Crippen molar-refractivity contribution in [3.8, 4) is 0 Å². The topological polar surface area (TPSA) is 133 Å². The van der Waals surface area contributed by atoms with E-state index >= 15 is 4.39 Å². The molecule has 47 heavy (non-hydrogen) atoms. The van der Waals surface area contributed by atoms with E-state index in [1.165, 1.54) is 13.8 Å². The fourth-order valence-corrected chi connectivity index (χ4v) is 8.02. The third-order valence-corrected chi connectivity index (χ3v) is 10.8. The minimum Gasteiger partial charge on any atom is -0.446 e. The number of alkyl halides is 2. The number of hydrogen-bond acceptors (Lipinski definition) is 9.